The molecule has 0 saturated heterocycles. The summed E-state index contributed by atoms with van der Waals surface area (Å²) in [5.41, 5.74) is 8.52. The van der Waals surface area contributed by atoms with E-state index in [1.807, 2.05) is 19.3 Å². The molecule has 1 saturated carbocycles. The van der Waals surface area contributed by atoms with Gasteiger partial charge in [-0.05, 0) is 43.7 Å². The zero-order valence-electron chi connectivity index (χ0n) is 10.1. The fraction of sp³-hybridized carbons (Fsp3) is 0.615. The van der Waals surface area contributed by atoms with Gasteiger partial charge in [0.25, 0.3) is 0 Å². The molecule has 0 aromatic carbocycles. The van der Waals surface area contributed by atoms with Gasteiger partial charge in [0.2, 0.25) is 0 Å². The Kier molecular flexibility index (Phi) is 3.26. The molecule has 1 fully saturated rings. The van der Waals surface area contributed by atoms with Crippen molar-refractivity contribution in [3.8, 4) is 0 Å². The van der Waals surface area contributed by atoms with Gasteiger partial charge in [0.15, 0.2) is 0 Å². The first-order chi connectivity index (χ1) is 7.65. The van der Waals surface area contributed by atoms with Crippen molar-refractivity contribution in [2.75, 3.05) is 7.11 Å². The molecule has 0 amide bonds. The summed E-state index contributed by atoms with van der Waals surface area (Å²) in [5.74, 6) is 0. The molecule has 1 heterocycles. The molecule has 2 N–H and O–H groups in total. The van der Waals surface area contributed by atoms with Gasteiger partial charge in [0, 0.05) is 25.5 Å². The first kappa shape index (κ1) is 11.6. The molecular formula is C13H20N2O. The van der Waals surface area contributed by atoms with Crippen LogP contribution in [0.5, 0.6) is 0 Å². The minimum Gasteiger partial charge on any atom is -0.378 e. The maximum atomic E-state index is 6.22. The molecule has 1 aliphatic carbocycles. The van der Waals surface area contributed by atoms with E-state index in [2.05, 4.69) is 11.1 Å². The van der Waals surface area contributed by atoms with Gasteiger partial charge in [0.1, 0.15) is 0 Å². The number of aryl methyl sites for hydroxylation is 1. The highest BCUT2D eigenvalue weighted by molar-refractivity contribution is 5.20. The van der Waals surface area contributed by atoms with Gasteiger partial charge in [0.05, 0.1) is 5.60 Å². The highest BCUT2D eigenvalue weighted by Gasteiger charge is 2.38. The van der Waals surface area contributed by atoms with Crippen LogP contribution < -0.4 is 5.73 Å². The predicted octanol–water partition coefficient (Wildman–Crippen LogP) is 2.35. The molecular weight excluding hydrogens is 200 g/mol. The van der Waals surface area contributed by atoms with E-state index in [1.165, 1.54) is 6.42 Å². The second kappa shape index (κ2) is 4.52. The first-order valence-corrected chi connectivity index (χ1v) is 5.87. The van der Waals surface area contributed by atoms with E-state index in [0.29, 0.717) is 0 Å². The number of pyridine rings is 1. The van der Waals surface area contributed by atoms with E-state index in [0.717, 1.165) is 30.4 Å². The van der Waals surface area contributed by atoms with Crippen molar-refractivity contribution in [2.45, 2.75) is 44.2 Å². The highest BCUT2D eigenvalue weighted by Crippen LogP contribution is 2.41. The normalized spacial score (nSPS) is 20.2. The predicted molar refractivity (Wildman–Crippen MR) is 64.1 cm³/mol. The first-order valence-electron chi connectivity index (χ1n) is 5.87. The molecule has 3 heteroatoms. The van der Waals surface area contributed by atoms with Crippen LogP contribution in [0, 0.1) is 6.92 Å². The maximum Gasteiger partial charge on any atom is 0.0696 e. The van der Waals surface area contributed by atoms with Crippen LogP contribution in [0.1, 0.15) is 42.9 Å². The lowest BCUT2D eigenvalue weighted by molar-refractivity contribution is -0.0817. The summed E-state index contributed by atoms with van der Waals surface area (Å²) in [5, 5.41) is 0. The molecule has 1 aromatic heterocycles. The standard InChI is InChI=1S/C13H20N2O/c1-10-6-11(9-15-8-10)12(14)7-13(16-2)4-3-5-13/h6,8-9,12H,3-5,7,14H2,1-2H3. The van der Waals surface area contributed by atoms with Crippen molar-refractivity contribution in [1.82, 2.24) is 4.98 Å². The summed E-state index contributed by atoms with van der Waals surface area (Å²) >= 11 is 0. The molecule has 0 bridgehead atoms. The van der Waals surface area contributed by atoms with Gasteiger partial charge < -0.3 is 10.5 Å². The minimum absolute atomic E-state index is 0.0309. The van der Waals surface area contributed by atoms with Crippen molar-refractivity contribution in [3.63, 3.8) is 0 Å². The second-order valence-electron chi connectivity index (χ2n) is 4.85. The largest absolute Gasteiger partial charge is 0.378 e. The lowest BCUT2D eigenvalue weighted by atomic mass is 9.75. The molecule has 0 aliphatic heterocycles. The molecule has 3 nitrogen and oxygen atoms in total. The molecule has 2 rings (SSSR count). The lowest BCUT2D eigenvalue weighted by Gasteiger charge is -2.42. The van der Waals surface area contributed by atoms with Crippen LogP contribution in [0.15, 0.2) is 18.5 Å². The molecule has 88 valence electrons. The van der Waals surface area contributed by atoms with Crippen LogP contribution in [-0.2, 0) is 4.74 Å². The van der Waals surface area contributed by atoms with E-state index in [-0.39, 0.29) is 11.6 Å². The third-order valence-corrected chi connectivity index (χ3v) is 3.61. The van der Waals surface area contributed by atoms with Crippen LogP contribution in [0.25, 0.3) is 0 Å². The highest BCUT2D eigenvalue weighted by atomic mass is 16.5. The second-order valence-corrected chi connectivity index (χ2v) is 4.85. The zero-order chi connectivity index (χ0) is 11.6. The Morgan fingerprint density at radius 2 is 2.25 bits per heavy atom. The Morgan fingerprint density at radius 3 is 2.75 bits per heavy atom. The van der Waals surface area contributed by atoms with Crippen LogP contribution in [0.3, 0.4) is 0 Å². The molecule has 1 atom stereocenters. The molecule has 0 radical (unpaired) electrons. The van der Waals surface area contributed by atoms with Crippen molar-refractivity contribution in [2.24, 2.45) is 5.73 Å². The van der Waals surface area contributed by atoms with Crippen molar-refractivity contribution in [1.29, 1.82) is 0 Å². The monoisotopic (exact) mass is 220 g/mol. The summed E-state index contributed by atoms with van der Waals surface area (Å²) < 4.78 is 5.60. The van der Waals surface area contributed by atoms with Gasteiger partial charge in [-0.2, -0.15) is 0 Å². The van der Waals surface area contributed by atoms with E-state index in [9.17, 15) is 0 Å². The Labute approximate surface area is 97.0 Å². The SMILES string of the molecule is COC1(CC(N)c2cncc(C)c2)CCC1. The number of hydrogen-bond donors (Lipinski definition) is 1. The number of rotatable bonds is 4. The molecule has 1 aliphatic rings. The van der Waals surface area contributed by atoms with Crippen molar-refractivity contribution >= 4 is 0 Å². The van der Waals surface area contributed by atoms with E-state index in [1.54, 1.807) is 7.11 Å². The summed E-state index contributed by atoms with van der Waals surface area (Å²) in [4.78, 5) is 4.18. The maximum absolute atomic E-state index is 6.22. The van der Waals surface area contributed by atoms with E-state index in [4.69, 9.17) is 10.5 Å². The number of hydrogen-bond acceptors (Lipinski definition) is 3. The number of nitrogens with two attached hydrogens (primary N) is 1. The van der Waals surface area contributed by atoms with Gasteiger partial charge in [-0.15, -0.1) is 0 Å². The fourth-order valence-corrected chi connectivity index (χ4v) is 2.36. The Hall–Kier alpha value is -0.930. The van der Waals surface area contributed by atoms with Crippen LogP contribution in [0.2, 0.25) is 0 Å². The van der Waals surface area contributed by atoms with E-state index < -0.39 is 0 Å². The summed E-state index contributed by atoms with van der Waals surface area (Å²) in [6.07, 6.45) is 8.14. The van der Waals surface area contributed by atoms with Crippen molar-refractivity contribution in [3.05, 3.63) is 29.6 Å². The number of nitrogens with zero attached hydrogens (tertiary/aromatic N) is 1. The smallest absolute Gasteiger partial charge is 0.0696 e. The van der Waals surface area contributed by atoms with E-state index >= 15 is 0 Å². The summed E-state index contributed by atoms with van der Waals surface area (Å²) in [6.45, 7) is 2.04. The Balaban J connectivity index is 2.05. The fourth-order valence-electron chi connectivity index (χ4n) is 2.36. The average Bonchev–Trinajstić information content (AvgIpc) is 2.23. The van der Waals surface area contributed by atoms with Crippen molar-refractivity contribution < 1.29 is 4.74 Å². The molecule has 16 heavy (non-hydrogen) atoms. The summed E-state index contributed by atoms with van der Waals surface area (Å²) in [6, 6.07) is 2.15. The molecule has 0 spiro atoms. The van der Waals surface area contributed by atoms with Gasteiger partial charge >= 0.3 is 0 Å². The topological polar surface area (TPSA) is 48.1 Å². The van der Waals surface area contributed by atoms with Crippen LogP contribution >= 0.6 is 0 Å². The Bertz CT molecular complexity index is 355. The Morgan fingerprint density at radius 1 is 1.50 bits per heavy atom. The molecule has 1 unspecified atom stereocenters. The number of ether oxygens (including phenoxy) is 1. The van der Waals surface area contributed by atoms with Gasteiger partial charge in [-0.3, -0.25) is 4.98 Å². The molecule has 1 aromatic rings. The quantitative estimate of drug-likeness (QED) is 0.847. The van der Waals surface area contributed by atoms with Crippen LogP contribution in [-0.4, -0.2) is 17.7 Å². The van der Waals surface area contributed by atoms with Crippen LogP contribution in [0.4, 0.5) is 0 Å². The minimum atomic E-state index is 0.0309. The van der Waals surface area contributed by atoms with Gasteiger partial charge in [-0.1, -0.05) is 6.07 Å². The third-order valence-electron chi connectivity index (χ3n) is 3.61. The third kappa shape index (κ3) is 2.25. The summed E-state index contributed by atoms with van der Waals surface area (Å²) in [7, 11) is 1.79. The zero-order valence-corrected chi connectivity index (χ0v) is 10.1. The van der Waals surface area contributed by atoms with Gasteiger partial charge in [-0.25, -0.2) is 0 Å². The lowest BCUT2D eigenvalue weighted by Crippen LogP contribution is -2.41. The average molecular weight is 220 g/mol. The number of aromatic nitrogens is 1. The number of methoxy groups -OCH3 is 1.